The molecule has 6 heavy (non-hydrogen) atoms. The predicted molar refractivity (Wildman–Crippen MR) is 29.8 cm³/mol. The fraction of sp³-hybridized carbons (Fsp3) is 0.250. The minimum absolute atomic E-state index is 0.359. The Hall–Kier alpha value is -0.0471. The fourth-order valence-electron chi connectivity index (χ4n) is 0.203. The summed E-state index contributed by atoms with van der Waals surface area (Å²) in [5, 5.41) is 0. The molecule has 0 aromatic carbocycles. The first kappa shape index (κ1) is 5.95. The predicted octanol–water partition coefficient (Wildman–Crippen LogP) is -0.546. The standard InChI is InChI=1S/C4H8GeO/c1-2-3-4(5)6/h2H,1,3H2,5H3. The molecule has 0 rings (SSSR count). The normalized spacial score (nSPS) is 8.00. The average molecular weight is 145 g/mol. The molecule has 0 bridgehead atoms. The van der Waals surface area contributed by atoms with E-state index in [1.165, 1.54) is 0 Å². The Balaban J connectivity index is 3.05. The number of rotatable bonds is 2. The average Bonchev–Trinajstić information content (AvgIpc) is 1.35. The molecular formula is C4H8GeO. The van der Waals surface area contributed by atoms with Crippen LogP contribution in [0.3, 0.4) is 0 Å². The van der Waals surface area contributed by atoms with Crippen molar-refractivity contribution >= 4 is 21.1 Å². The van der Waals surface area contributed by atoms with Crippen LogP contribution in [0, 0.1) is 0 Å². The van der Waals surface area contributed by atoms with Gasteiger partial charge in [0.1, 0.15) is 0 Å². The van der Waals surface area contributed by atoms with Crippen LogP contribution in [0.15, 0.2) is 12.7 Å². The van der Waals surface area contributed by atoms with Gasteiger partial charge >= 0.3 is 45.0 Å². The van der Waals surface area contributed by atoms with Crippen molar-refractivity contribution in [2.75, 3.05) is 0 Å². The van der Waals surface area contributed by atoms with Crippen molar-refractivity contribution in [3.63, 3.8) is 0 Å². The topological polar surface area (TPSA) is 17.1 Å². The number of carbonyl (C=O) groups excluding carboxylic acids is 1. The molecule has 0 atom stereocenters. The molecule has 0 aliphatic heterocycles. The van der Waals surface area contributed by atoms with Crippen LogP contribution in [0.25, 0.3) is 0 Å². The first-order valence-electron chi connectivity index (χ1n) is 1.87. The third-order valence-electron chi connectivity index (χ3n) is 0.432. The summed E-state index contributed by atoms with van der Waals surface area (Å²) >= 11 is 0.362. The molecule has 0 unspecified atom stereocenters. The molecule has 0 radical (unpaired) electrons. The van der Waals surface area contributed by atoms with E-state index in [0.29, 0.717) is 27.6 Å². The van der Waals surface area contributed by atoms with Crippen molar-refractivity contribution in [3.05, 3.63) is 12.7 Å². The molecule has 0 aromatic rings. The van der Waals surface area contributed by atoms with Gasteiger partial charge in [0.15, 0.2) is 0 Å². The van der Waals surface area contributed by atoms with Crippen molar-refractivity contribution in [3.8, 4) is 0 Å². The molecule has 0 fully saturated rings. The van der Waals surface area contributed by atoms with Gasteiger partial charge in [-0.2, -0.15) is 0 Å². The number of allylic oxidation sites excluding steroid dienone is 1. The van der Waals surface area contributed by atoms with E-state index >= 15 is 0 Å². The van der Waals surface area contributed by atoms with Gasteiger partial charge in [0.25, 0.3) is 0 Å². The van der Waals surface area contributed by atoms with E-state index in [9.17, 15) is 4.79 Å². The van der Waals surface area contributed by atoms with Gasteiger partial charge in [-0.25, -0.2) is 0 Å². The van der Waals surface area contributed by atoms with Crippen LogP contribution in [0.1, 0.15) is 6.42 Å². The molecule has 0 heterocycles. The van der Waals surface area contributed by atoms with Crippen molar-refractivity contribution in [1.29, 1.82) is 0 Å². The minimum atomic E-state index is 0.359. The van der Waals surface area contributed by atoms with Crippen LogP contribution < -0.4 is 0 Å². The Morgan fingerprint density at radius 3 is 2.50 bits per heavy atom. The molecule has 0 saturated heterocycles. The molecule has 0 aromatic heterocycles. The van der Waals surface area contributed by atoms with Crippen LogP contribution in [-0.2, 0) is 4.79 Å². The van der Waals surface area contributed by atoms with Crippen LogP contribution in [-0.4, -0.2) is 21.1 Å². The van der Waals surface area contributed by atoms with Gasteiger partial charge in [0.2, 0.25) is 0 Å². The van der Waals surface area contributed by atoms with Gasteiger partial charge in [0.05, 0.1) is 0 Å². The number of hydrogen-bond acceptors (Lipinski definition) is 1. The maximum absolute atomic E-state index is 10.1. The van der Waals surface area contributed by atoms with E-state index < -0.39 is 0 Å². The maximum atomic E-state index is 10.1. The van der Waals surface area contributed by atoms with E-state index in [0.717, 1.165) is 0 Å². The first-order chi connectivity index (χ1) is 2.77. The van der Waals surface area contributed by atoms with E-state index in [1.54, 1.807) is 6.08 Å². The Bertz CT molecular complexity index is 67.9. The Morgan fingerprint density at radius 2 is 2.50 bits per heavy atom. The second-order valence-electron chi connectivity index (χ2n) is 1.19. The Morgan fingerprint density at radius 1 is 2.00 bits per heavy atom. The summed E-state index contributed by atoms with van der Waals surface area (Å²) in [4.78, 5) is 10.1. The van der Waals surface area contributed by atoms with Gasteiger partial charge in [-0.3, -0.25) is 0 Å². The molecule has 0 spiro atoms. The molecule has 0 aliphatic rings. The van der Waals surface area contributed by atoms with E-state index in [1.807, 2.05) is 0 Å². The summed E-state index contributed by atoms with van der Waals surface area (Å²) in [6.07, 6.45) is 2.23. The summed E-state index contributed by atoms with van der Waals surface area (Å²) in [6, 6.07) is 0. The summed E-state index contributed by atoms with van der Waals surface area (Å²) in [6.45, 7) is 3.41. The fourth-order valence-corrected chi connectivity index (χ4v) is 0.809. The van der Waals surface area contributed by atoms with Gasteiger partial charge in [-0.1, -0.05) is 0 Å². The van der Waals surface area contributed by atoms with Crippen molar-refractivity contribution in [2.45, 2.75) is 6.42 Å². The Labute approximate surface area is 45.7 Å². The quantitative estimate of drug-likeness (QED) is 0.376. The monoisotopic (exact) mass is 146 g/mol. The zero-order valence-electron chi connectivity index (χ0n) is 3.90. The molecule has 2 heteroatoms. The third kappa shape index (κ3) is 3.95. The second kappa shape index (κ2) is 3.15. The molecule has 0 saturated carbocycles. The van der Waals surface area contributed by atoms with Gasteiger partial charge in [-0.05, 0) is 0 Å². The van der Waals surface area contributed by atoms with E-state index in [2.05, 4.69) is 6.58 Å². The molecule has 1 nitrogen and oxygen atoms in total. The van der Waals surface area contributed by atoms with Crippen LogP contribution in [0.4, 0.5) is 0 Å². The number of carbonyl (C=O) groups is 1. The summed E-state index contributed by atoms with van der Waals surface area (Å²) in [5.74, 6) is 0. The molecule has 0 amide bonds. The zero-order chi connectivity index (χ0) is 4.99. The first-order valence-corrected chi connectivity index (χ1v) is 3.97. The summed E-state index contributed by atoms with van der Waals surface area (Å²) < 4.78 is 0.359. The van der Waals surface area contributed by atoms with Crippen LogP contribution in [0.5, 0.6) is 0 Å². The summed E-state index contributed by atoms with van der Waals surface area (Å²) in [5.41, 5.74) is 0. The van der Waals surface area contributed by atoms with Gasteiger partial charge in [0, 0.05) is 0 Å². The third-order valence-corrected chi connectivity index (χ3v) is 1.29. The van der Waals surface area contributed by atoms with Crippen LogP contribution >= 0.6 is 0 Å². The SMILES string of the molecule is C=CC[C](=O)[GeH3]. The van der Waals surface area contributed by atoms with E-state index in [-0.39, 0.29) is 0 Å². The molecular weight excluding hydrogens is 137 g/mol. The van der Waals surface area contributed by atoms with Crippen molar-refractivity contribution in [1.82, 2.24) is 0 Å². The molecule has 0 N–H and O–H groups in total. The summed E-state index contributed by atoms with van der Waals surface area (Å²) in [7, 11) is 0. The zero-order valence-corrected chi connectivity index (χ0v) is 8.10. The molecule has 34 valence electrons. The Kier molecular flexibility index (Phi) is 3.13. The van der Waals surface area contributed by atoms with Crippen molar-refractivity contribution < 1.29 is 4.79 Å². The van der Waals surface area contributed by atoms with Crippen molar-refractivity contribution in [2.24, 2.45) is 0 Å². The van der Waals surface area contributed by atoms with Crippen LogP contribution in [0.2, 0.25) is 0 Å². The molecule has 0 aliphatic carbocycles. The van der Waals surface area contributed by atoms with E-state index in [4.69, 9.17) is 0 Å². The van der Waals surface area contributed by atoms with Gasteiger partial charge < -0.3 is 0 Å². The number of hydrogen-bond donors (Lipinski definition) is 0. The van der Waals surface area contributed by atoms with Gasteiger partial charge in [-0.15, -0.1) is 0 Å². The second-order valence-corrected chi connectivity index (χ2v) is 3.53.